The number of aromatic nitrogens is 1. The minimum Gasteiger partial charge on any atom is -0.496 e. The molecule has 56 heavy (non-hydrogen) atoms. The molecule has 0 N–H and O–H groups in total. The summed E-state index contributed by atoms with van der Waals surface area (Å²) in [7, 11) is 3.44. The number of hydrogen-bond acceptors (Lipinski definition) is 6. The second kappa shape index (κ2) is 16.9. The molecule has 2 amide bonds. The first-order valence-corrected chi connectivity index (χ1v) is 19.0. The summed E-state index contributed by atoms with van der Waals surface area (Å²) in [5, 5.41) is 0.540. The molecule has 1 aromatic heterocycles. The van der Waals surface area contributed by atoms with Gasteiger partial charge in [0.25, 0.3) is 11.8 Å². The zero-order valence-electron chi connectivity index (χ0n) is 31.9. The van der Waals surface area contributed by atoms with Gasteiger partial charge in [0, 0.05) is 66.9 Å². The molecule has 4 aromatic carbocycles. The smallest absolute Gasteiger partial charge is 0.387 e. The molecule has 1 saturated heterocycles. The molecule has 0 radical (unpaired) electrons. The van der Waals surface area contributed by atoms with Crippen LogP contribution in [0.2, 0.25) is 5.02 Å². The number of morpholine rings is 1. The van der Waals surface area contributed by atoms with E-state index >= 15 is 0 Å². The topological polar surface area (TPSA) is 76.5 Å². The van der Waals surface area contributed by atoms with Crippen LogP contribution in [0.1, 0.15) is 48.7 Å². The number of amides is 2. The third-order valence-corrected chi connectivity index (χ3v) is 11.3. The summed E-state index contributed by atoms with van der Waals surface area (Å²) in [5.74, 6) is 0.0113. The number of fused-ring (bicyclic) bond motifs is 1. The Hall–Kier alpha value is -5.23. The Balaban J connectivity index is 1.29. The van der Waals surface area contributed by atoms with E-state index in [9.17, 15) is 18.4 Å². The van der Waals surface area contributed by atoms with Crippen molar-refractivity contribution >= 4 is 29.1 Å². The van der Waals surface area contributed by atoms with Gasteiger partial charge in [-0.05, 0) is 97.1 Å². The maximum absolute atomic E-state index is 15.0. The quantitative estimate of drug-likeness (QED) is 0.134. The lowest BCUT2D eigenvalue weighted by molar-refractivity contribution is -0.0499. The number of hydrogen-bond donors (Lipinski definition) is 0. The fourth-order valence-corrected chi connectivity index (χ4v) is 7.89. The number of benzene rings is 4. The number of alkyl halides is 2. The van der Waals surface area contributed by atoms with Gasteiger partial charge in [-0.3, -0.25) is 14.5 Å². The number of carbonyl (C=O) groups is 2. The van der Waals surface area contributed by atoms with Gasteiger partial charge in [-0.15, -0.1) is 0 Å². The highest BCUT2D eigenvalue weighted by Crippen LogP contribution is 2.36. The third-order valence-electron chi connectivity index (χ3n) is 11.0. The number of ether oxygens (including phenoxy) is 3. The first-order chi connectivity index (χ1) is 27.0. The van der Waals surface area contributed by atoms with Gasteiger partial charge in [-0.25, -0.2) is 0 Å². The lowest BCUT2D eigenvalue weighted by Gasteiger charge is -2.40. The van der Waals surface area contributed by atoms with Crippen molar-refractivity contribution in [3.63, 3.8) is 0 Å². The van der Waals surface area contributed by atoms with Crippen molar-refractivity contribution in [2.75, 3.05) is 44.9 Å². The van der Waals surface area contributed by atoms with E-state index in [2.05, 4.69) is 11.0 Å². The van der Waals surface area contributed by atoms with Crippen molar-refractivity contribution in [2.45, 2.75) is 46.0 Å². The SMILES string of the molecule is COc1cccc(CN(C(=O)c2cc(-c3ccc(OC(F)F)cc3C(=O)N3Cc4ccccc4C[C@H]3CN3CCOCC3)n(C)c2C)c2ccc(Cl)cc2)c1C. The van der Waals surface area contributed by atoms with Gasteiger partial charge < -0.3 is 28.6 Å². The largest absolute Gasteiger partial charge is 0.496 e. The van der Waals surface area contributed by atoms with Crippen LogP contribution in [-0.4, -0.2) is 78.8 Å². The Morgan fingerprint density at radius 2 is 1.66 bits per heavy atom. The number of nitrogens with zero attached hydrogens (tertiary/aromatic N) is 4. The van der Waals surface area contributed by atoms with Gasteiger partial charge in [-0.1, -0.05) is 48.0 Å². The van der Waals surface area contributed by atoms with Crippen LogP contribution in [0.5, 0.6) is 11.5 Å². The van der Waals surface area contributed by atoms with Crippen LogP contribution in [0.4, 0.5) is 14.5 Å². The Morgan fingerprint density at radius 1 is 0.929 bits per heavy atom. The second-order valence-corrected chi connectivity index (χ2v) is 14.7. The fraction of sp³-hybridized carbons (Fsp3) is 0.318. The summed E-state index contributed by atoms with van der Waals surface area (Å²) in [6.45, 7) is 4.74. The van der Waals surface area contributed by atoms with Gasteiger partial charge in [0.05, 0.1) is 38.0 Å². The van der Waals surface area contributed by atoms with Crippen LogP contribution in [0.25, 0.3) is 11.3 Å². The van der Waals surface area contributed by atoms with E-state index in [1.54, 1.807) is 48.4 Å². The number of anilines is 1. The van der Waals surface area contributed by atoms with E-state index in [1.807, 2.05) is 66.8 Å². The Morgan fingerprint density at radius 3 is 2.38 bits per heavy atom. The summed E-state index contributed by atoms with van der Waals surface area (Å²) in [6, 6.07) is 27.0. The van der Waals surface area contributed by atoms with Crippen molar-refractivity contribution in [1.82, 2.24) is 14.4 Å². The van der Waals surface area contributed by atoms with Crippen LogP contribution in [0.15, 0.2) is 91.0 Å². The van der Waals surface area contributed by atoms with Gasteiger partial charge >= 0.3 is 6.61 Å². The van der Waals surface area contributed by atoms with Crippen LogP contribution in [0, 0.1) is 13.8 Å². The molecule has 0 unspecified atom stereocenters. The van der Waals surface area contributed by atoms with Crippen molar-refractivity contribution in [1.29, 1.82) is 0 Å². The molecule has 0 aliphatic carbocycles. The third kappa shape index (κ3) is 8.16. The predicted molar refractivity (Wildman–Crippen MR) is 213 cm³/mol. The van der Waals surface area contributed by atoms with E-state index < -0.39 is 6.61 Å². The van der Waals surface area contributed by atoms with Crippen molar-refractivity contribution in [2.24, 2.45) is 7.05 Å². The number of rotatable bonds is 11. The number of methoxy groups -OCH3 is 1. The van der Waals surface area contributed by atoms with Crippen molar-refractivity contribution in [3.8, 4) is 22.8 Å². The molecule has 5 aromatic rings. The first-order valence-electron chi connectivity index (χ1n) is 18.7. The summed E-state index contributed by atoms with van der Waals surface area (Å²) in [4.78, 5) is 35.6. The lowest BCUT2D eigenvalue weighted by atomic mass is 9.92. The highest BCUT2D eigenvalue weighted by atomic mass is 35.5. The molecule has 9 nitrogen and oxygen atoms in total. The molecule has 292 valence electrons. The second-order valence-electron chi connectivity index (χ2n) is 14.3. The summed E-state index contributed by atoms with van der Waals surface area (Å²) in [5.41, 5.74) is 7.03. The lowest BCUT2D eigenvalue weighted by Crippen LogP contribution is -2.52. The summed E-state index contributed by atoms with van der Waals surface area (Å²) >= 11 is 6.26. The summed E-state index contributed by atoms with van der Waals surface area (Å²) in [6.07, 6.45) is 0.650. The van der Waals surface area contributed by atoms with Gasteiger partial charge in [0.1, 0.15) is 11.5 Å². The van der Waals surface area contributed by atoms with Crippen LogP contribution >= 0.6 is 11.6 Å². The predicted octanol–water partition coefficient (Wildman–Crippen LogP) is 8.32. The first kappa shape index (κ1) is 39.0. The van der Waals surface area contributed by atoms with E-state index in [-0.39, 0.29) is 35.7 Å². The Kier molecular flexibility index (Phi) is 11.8. The number of halogens is 3. The van der Waals surface area contributed by atoms with Crippen LogP contribution in [-0.2, 0) is 31.3 Å². The Bertz CT molecular complexity index is 2220. The van der Waals surface area contributed by atoms with Gasteiger partial charge in [0.15, 0.2) is 0 Å². The van der Waals surface area contributed by atoms with Crippen molar-refractivity contribution in [3.05, 3.63) is 135 Å². The Labute approximate surface area is 330 Å². The molecule has 2 aliphatic rings. The van der Waals surface area contributed by atoms with Crippen molar-refractivity contribution < 1.29 is 32.6 Å². The molecular weight excluding hydrogens is 738 g/mol. The molecule has 0 saturated carbocycles. The van der Waals surface area contributed by atoms with Crippen LogP contribution in [0.3, 0.4) is 0 Å². The van der Waals surface area contributed by atoms with E-state index in [0.717, 1.165) is 29.8 Å². The van der Waals surface area contributed by atoms with Crippen LogP contribution < -0.4 is 14.4 Å². The molecule has 0 bridgehead atoms. The summed E-state index contributed by atoms with van der Waals surface area (Å²) < 4.78 is 45.1. The zero-order chi connectivity index (χ0) is 39.5. The molecule has 12 heteroatoms. The number of carbonyl (C=O) groups excluding carboxylic acids is 2. The zero-order valence-corrected chi connectivity index (χ0v) is 32.7. The van der Waals surface area contributed by atoms with Gasteiger partial charge in [0.2, 0.25) is 0 Å². The van der Waals surface area contributed by atoms with E-state index in [0.29, 0.717) is 71.7 Å². The molecular formula is C44H45ClF2N4O5. The highest BCUT2D eigenvalue weighted by Gasteiger charge is 2.34. The average Bonchev–Trinajstić information content (AvgIpc) is 3.50. The average molecular weight is 783 g/mol. The molecule has 7 rings (SSSR count). The maximum atomic E-state index is 15.0. The molecule has 0 spiro atoms. The monoisotopic (exact) mass is 782 g/mol. The molecule has 1 atom stereocenters. The van der Waals surface area contributed by atoms with Gasteiger partial charge in [-0.2, -0.15) is 8.78 Å². The standard InChI is InChI=1S/C44H45ClF2N4O5/c1-28-31(10-7-11-41(28)54-4)25-50(34-14-12-33(45)13-15-34)42(52)38-24-40(48(3)29(38)2)37-17-16-36(56-44(46)47)23-39(37)43(53)51-26-32-9-6-5-8-30(32)22-35(51)27-49-18-20-55-21-19-49/h5-17,23-24,35,44H,18-22,25-27H2,1-4H3/t35-/m0/s1. The molecule has 3 heterocycles. The molecule has 2 aliphatic heterocycles. The normalized spacial score (nSPS) is 15.8. The van der Waals surface area contributed by atoms with E-state index in [4.69, 9.17) is 25.8 Å². The highest BCUT2D eigenvalue weighted by molar-refractivity contribution is 6.30. The maximum Gasteiger partial charge on any atom is 0.387 e. The minimum atomic E-state index is -3.08. The molecule has 1 fully saturated rings. The minimum absolute atomic E-state index is 0.126. The fourth-order valence-electron chi connectivity index (χ4n) is 7.77. The van der Waals surface area contributed by atoms with E-state index in [1.165, 1.54) is 17.7 Å².